The molecule has 0 aromatic carbocycles. The molecule has 0 unspecified atom stereocenters. The first kappa shape index (κ1) is 13.5. The van der Waals surface area contributed by atoms with E-state index in [0.29, 0.717) is 17.8 Å². The van der Waals surface area contributed by atoms with Crippen molar-refractivity contribution in [1.82, 2.24) is 9.88 Å². The molecule has 0 aliphatic heterocycles. The van der Waals surface area contributed by atoms with Gasteiger partial charge in [-0.05, 0) is 24.4 Å². The normalized spacial score (nSPS) is 10.3. The van der Waals surface area contributed by atoms with Gasteiger partial charge in [-0.1, -0.05) is 6.07 Å². The number of carbonyl (C=O) groups is 1. The van der Waals surface area contributed by atoms with Crippen LogP contribution in [0.4, 0.5) is 5.69 Å². The fourth-order valence-electron chi connectivity index (χ4n) is 1.76. The van der Waals surface area contributed by atoms with Crippen molar-refractivity contribution >= 4 is 22.9 Å². The number of nitrogen functional groups attached to an aromatic ring is 1. The van der Waals surface area contributed by atoms with Gasteiger partial charge in [0.05, 0.1) is 17.8 Å². The van der Waals surface area contributed by atoms with Crippen molar-refractivity contribution in [2.24, 2.45) is 5.84 Å². The van der Waals surface area contributed by atoms with Gasteiger partial charge < -0.3 is 10.3 Å². The van der Waals surface area contributed by atoms with Crippen LogP contribution < -0.4 is 11.3 Å². The van der Waals surface area contributed by atoms with Crippen LogP contribution in [0, 0.1) is 6.92 Å². The Morgan fingerprint density at radius 1 is 1.58 bits per heavy atom. The number of hydrogen-bond acceptors (Lipinski definition) is 5. The zero-order valence-corrected chi connectivity index (χ0v) is 11.7. The lowest BCUT2D eigenvalue weighted by Crippen LogP contribution is -2.27. The number of nitrogens with zero attached hydrogens (tertiary/aromatic N) is 2. The lowest BCUT2D eigenvalue weighted by molar-refractivity contribution is 0.0787. The number of aromatic nitrogens is 1. The summed E-state index contributed by atoms with van der Waals surface area (Å²) in [6.07, 6.45) is 1.55. The van der Waals surface area contributed by atoms with Crippen LogP contribution in [0.2, 0.25) is 0 Å². The number of rotatable bonds is 4. The predicted molar refractivity (Wildman–Crippen MR) is 76.9 cm³/mol. The minimum absolute atomic E-state index is 0.103. The molecule has 0 radical (unpaired) electrons. The van der Waals surface area contributed by atoms with Crippen LogP contribution in [0.25, 0.3) is 0 Å². The highest BCUT2D eigenvalue weighted by molar-refractivity contribution is 7.09. The summed E-state index contributed by atoms with van der Waals surface area (Å²) in [5.74, 6) is 5.34. The molecule has 19 heavy (non-hydrogen) atoms. The highest BCUT2D eigenvalue weighted by Gasteiger charge is 2.16. The number of amides is 1. The molecule has 3 N–H and O–H groups in total. The van der Waals surface area contributed by atoms with Gasteiger partial charge >= 0.3 is 0 Å². The Hall–Kier alpha value is -1.92. The van der Waals surface area contributed by atoms with Crippen LogP contribution in [0.5, 0.6) is 0 Å². The number of nitrogens with two attached hydrogens (primary N) is 1. The van der Waals surface area contributed by atoms with Crippen LogP contribution in [0.3, 0.4) is 0 Å². The van der Waals surface area contributed by atoms with Crippen molar-refractivity contribution in [3.8, 4) is 0 Å². The van der Waals surface area contributed by atoms with Crippen LogP contribution in [0.1, 0.15) is 20.9 Å². The van der Waals surface area contributed by atoms with E-state index in [1.165, 1.54) is 0 Å². The highest BCUT2D eigenvalue weighted by Crippen LogP contribution is 2.18. The number of aryl methyl sites for hydroxylation is 1. The van der Waals surface area contributed by atoms with Gasteiger partial charge in [-0.25, -0.2) is 0 Å². The minimum Gasteiger partial charge on any atom is -0.336 e. The van der Waals surface area contributed by atoms with Crippen molar-refractivity contribution in [1.29, 1.82) is 0 Å². The summed E-state index contributed by atoms with van der Waals surface area (Å²) in [6.45, 7) is 2.43. The Kier molecular flexibility index (Phi) is 4.13. The van der Waals surface area contributed by atoms with Crippen LogP contribution in [-0.2, 0) is 6.54 Å². The summed E-state index contributed by atoms with van der Waals surface area (Å²) in [5.41, 5.74) is 4.43. The largest absolute Gasteiger partial charge is 0.336 e. The molecular formula is C13H16N4OS. The second kappa shape index (κ2) is 5.81. The number of anilines is 1. The van der Waals surface area contributed by atoms with Crippen LogP contribution >= 0.6 is 11.3 Å². The maximum Gasteiger partial charge on any atom is 0.257 e. The van der Waals surface area contributed by atoms with Crippen molar-refractivity contribution in [3.63, 3.8) is 0 Å². The fourth-order valence-corrected chi connectivity index (χ4v) is 2.52. The summed E-state index contributed by atoms with van der Waals surface area (Å²) in [4.78, 5) is 19.3. The van der Waals surface area contributed by atoms with E-state index in [1.807, 2.05) is 24.4 Å². The van der Waals surface area contributed by atoms with Gasteiger partial charge in [0.25, 0.3) is 5.91 Å². The number of hydrazine groups is 1. The molecule has 2 rings (SSSR count). The van der Waals surface area contributed by atoms with E-state index in [0.717, 1.165) is 10.6 Å². The van der Waals surface area contributed by atoms with Crippen molar-refractivity contribution in [3.05, 3.63) is 45.9 Å². The molecule has 5 nitrogen and oxygen atoms in total. The Labute approximate surface area is 116 Å². The molecule has 0 aliphatic carbocycles. The Morgan fingerprint density at radius 3 is 3.00 bits per heavy atom. The highest BCUT2D eigenvalue weighted by atomic mass is 32.1. The van der Waals surface area contributed by atoms with E-state index in [9.17, 15) is 4.79 Å². The Bertz CT molecular complexity index is 568. The second-order valence-corrected chi connectivity index (χ2v) is 5.29. The van der Waals surface area contributed by atoms with E-state index in [-0.39, 0.29) is 5.91 Å². The molecule has 6 heteroatoms. The summed E-state index contributed by atoms with van der Waals surface area (Å²) in [5, 5.41) is 1.99. The minimum atomic E-state index is -0.103. The molecule has 0 spiro atoms. The maximum atomic E-state index is 12.4. The van der Waals surface area contributed by atoms with E-state index in [1.54, 1.807) is 35.5 Å². The molecule has 2 aromatic rings. The molecule has 0 bridgehead atoms. The van der Waals surface area contributed by atoms with Crippen molar-refractivity contribution in [2.45, 2.75) is 13.5 Å². The van der Waals surface area contributed by atoms with Gasteiger partial charge in [-0.15, -0.1) is 11.3 Å². The molecule has 0 saturated carbocycles. The van der Waals surface area contributed by atoms with E-state index in [4.69, 9.17) is 5.84 Å². The monoisotopic (exact) mass is 276 g/mol. The summed E-state index contributed by atoms with van der Waals surface area (Å²) < 4.78 is 0. The molecule has 0 aliphatic rings. The van der Waals surface area contributed by atoms with Crippen LogP contribution in [-0.4, -0.2) is 22.8 Å². The average molecular weight is 276 g/mol. The Morgan fingerprint density at radius 2 is 2.37 bits per heavy atom. The van der Waals surface area contributed by atoms with E-state index < -0.39 is 0 Å². The lowest BCUT2D eigenvalue weighted by atomic mass is 10.2. The first-order valence-electron chi connectivity index (χ1n) is 5.83. The standard InChI is InChI=1S/C13H16N4OS/c1-9-6-12(16-14)11(7-15-9)13(18)17(2)8-10-4-3-5-19-10/h3-7H,8,14H2,1-2H3,(H,15,16). The molecule has 2 heterocycles. The van der Waals surface area contributed by atoms with Gasteiger partial charge in [0.15, 0.2) is 0 Å². The second-order valence-electron chi connectivity index (χ2n) is 4.26. The average Bonchev–Trinajstić information content (AvgIpc) is 2.90. The molecule has 100 valence electrons. The summed E-state index contributed by atoms with van der Waals surface area (Å²) in [6, 6.07) is 5.73. The molecular weight excluding hydrogens is 260 g/mol. The SMILES string of the molecule is Cc1cc(NN)c(C(=O)N(C)Cc2cccs2)cn1. The number of carbonyl (C=O) groups excluding carboxylic acids is 1. The summed E-state index contributed by atoms with van der Waals surface area (Å²) >= 11 is 1.63. The lowest BCUT2D eigenvalue weighted by Gasteiger charge is -2.18. The molecule has 1 amide bonds. The van der Waals surface area contributed by atoms with Gasteiger partial charge in [0.1, 0.15) is 0 Å². The van der Waals surface area contributed by atoms with E-state index in [2.05, 4.69) is 10.4 Å². The van der Waals surface area contributed by atoms with Gasteiger partial charge in [-0.2, -0.15) is 0 Å². The third kappa shape index (κ3) is 3.10. The van der Waals surface area contributed by atoms with E-state index >= 15 is 0 Å². The smallest absolute Gasteiger partial charge is 0.257 e. The number of nitrogens with one attached hydrogen (secondary N) is 1. The van der Waals surface area contributed by atoms with Crippen molar-refractivity contribution in [2.75, 3.05) is 12.5 Å². The van der Waals surface area contributed by atoms with Crippen molar-refractivity contribution < 1.29 is 4.79 Å². The number of pyridine rings is 1. The fraction of sp³-hybridized carbons (Fsp3) is 0.231. The summed E-state index contributed by atoms with van der Waals surface area (Å²) in [7, 11) is 1.77. The third-order valence-corrected chi connectivity index (χ3v) is 3.61. The molecule has 0 fully saturated rings. The van der Waals surface area contributed by atoms with Gasteiger partial charge in [0.2, 0.25) is 0 Å². The van der Waals surface area contributed by atoms with Gasteiger partial charge in [0, 0.05) is 23.8 Å². The molecule has 2 aromatic heterocycles. The first-order valence-corrected chi connectivity index (χ1v) is 6.71. The third-order valence-electron chi connectivity index (χ3n) is 2.75. The van der Waals surface area contributed by atoms with Gasteiger partial charge in [-0.3, -0.25) is 15.6 Å². The number of thiophene rings is 1. The molecule has 0 saturated heterocycles. The zero-order valence-electron chi connectivity index (χ0n) is 10.9. The quantitative estimate of drug-likeness (QED) is 0.662. The number of hydrogen-bond donors (Lipinski definition) is 2. The zero-order chi connectivity index (χ0) is 13.8. The Balaban J connectivity index is 2.19. The maximum absolute atomic E-state index is 12.4. The van der Waals surface area contributed by atoms with Crippen LogP contribution in [0.15, 0.2) is 29.8 Å². The topological polar surface area (TPSA) is 71.2 Å². The first-order chi connectivity index (χ1) is 9.11. The predicted octanol–water partition coefficient (Wildman–Crippen LogP) is 2.01. The molecule has 0 atom stereocenters.